The Morgan fingerprint density at radius 3 is 2.44 bits per heavy atom. The highest BCUT2D eigenvalue weighted by molar-refractivity contribution is 4.98. The molecule has 2 saturated carbocycles. The lowest BCUT2D eigenvalue weighted by atomic mass is 10.2. The van der Waals surface area contributed by atoms with Crippen molar-refractivity contribution in [1.82, 2.24) is 5.32 Å². The number of hydrogen-bond donors (Lipinski definition) is 1. The molecule has 1 nitrogen and oxygen atoms in total. The van der Waals surface area contributed by atoms with Crippen molar-refractivity contribution < 1.29 is 0 Å². The molecule has 1 heteroatoms. The van der Waals surface area contributed by atoms with E-state index in [1.807, 2.05) is 0 Å². The maximum Gasteiger partial charge on any atom is 0.00724 e. The predicted octanol–water partition coefficient (Wildman–Crippen LogP) is 1.39. The molecule has 2 aliphatic carbocycles. The molecule has 1 N–H and O–H groups in total. The Balaban J connectivity index is 1.77. The Labute approximate surface area is 56.8 Å². The van der Waals surface area contributed by atoms with Gasteiger partial charge in [-0.15, -0.1) is 0 Å². The first-order chi connectivity index (χ1) is 4.40. The largest absolute Gasteiger partial charge is 0.314 e. The summed E-state index contributed by atoms with van der Waals surface area (Å²) in [6.07, 6.45) is 4.49. The predicted molar refractivity (Wildman–Crippen MR) is 38.3 cm³/mol. The molecule has 2 aliphatic rings. The molecule has 2 unspecified atom stereocenters. The van der Waals surface area contributed by atoms with E-state index in [0.717, 1.165) is 24.4 Å². The Morgan fingerprint density at radius 2 is 1.89 bits per heavy atom. The SMILES string of the molecule is CCNC1CC2CC2C1. The van der Waals surface area contributed by atoms with E-state index >= 15 is 0 Å². The lowest BCUT2D eigenvalue weighted by molar-refractivity contribution is 0.495. The van der Waals surface area contributed by atoms with Crippen molar-refractivity contribution in [3.05, 3.63) is 0 Å². The lowest BCUT2D eigenvalue weighted by Gasteiger charge is -2.10. The molecule has 0 aromatic carbocycles. The molecule has 0 bridgehead atoms. The van der Waals surface area contributed by atoms with Crippen LogP contribution in [0.2, 0.25) is 0 Å². The number of nitrogens with one attached hydrogen (secondary N) is 1. The number of hydrogen-bond acceptors (Lipinski definition) is 1. The minimum atomic E-state index is 0.888. The van der Waals surface area contributed by atoms with Gasteiger partial charge in [-0.1, -0.05) is 6.92 Å². The van der Waals surface area contributed by atoms with Crippen LogP contribution in [0.25, 0.3) is 0 Å². The third-order valence-corrected chi connectivity index (χ3v) is 2.74. The van der Waals surface area contributed by atoms with Crippen molar-refractivity contribution in [3.63, 3.8) is 0 Å². The van der Waals surface area contributed by atoms with Crippen LogP contribution in [0.5, 0.6) is 0 Å². The molecule has 0 saturated heterocycles. The molecule has 9 heavy (non-hydrogen) atoms. The highest BCUT2D eigenvalue weighted by Crippen LogP contribution is 2.51. The second-order valence-electron chi connectivity index (χ2n) is 3.48. The summed E-state index contributed by atoms with van der Waals surface area (Å²) in [4.78, 5) is 0. The van der Waals surface area contributed by atoms with Crippen LogP contribution in [0.1, 0.15) is 26.2 Å². The summed E-state index contributed by atoms with van der Waals surface area (Å²) in [5.74, 6) is 2.27. The molecule has 2 atom stereocenters. The van der Waals surface area contributed by atoms with Crippen LogP contribution in [0.4, 0.5) is 0 Å². The highest BCUT2D eigenvalue weighted by atomic mass is 14.9. The highest BCUT2D eigenvalue weighted by Gasteiger charge is 2.45. The molecule has 0 aromatic rings. The Bertz CT molecular complexity index is 101. The normalized spacial score (nSPS) is 47.0. The fourth-order valence-corrected chi connectivity index (χ4v) is 2.17. The molecule has 2 fully saturated rings. The third kappa shape index (κ3) is 0.983. The zero-order valence-electron chi connectivity index (χ0n) is 6.06. The third-order valence-electron chi connectivity index (χ3n) is 2.74. The summed E-state index contributed by atoms with van der Waals surface area (Å²) in [5, 5.41) is 3.51. The summed E-state index contributed by atoms with van der Waals surface area (Å²) in [6, 6.07) is 0.888. The van der Waals surface area contributed by atoms with Gasteiger partial charge in [-0.25, -0.2) is 0 Å². The number of rotatable bonds is 2. The first-order valence-electron chi connectivity index (χ1n) is 4.13. The zero-order valence-corrected chi connectivity index (χ0v) is 6.06. The summed E-state index contributed by atoms with van der Waals surface area (Å²) >= 11 is 0. The molecule has 0 heterocycles. The maximum atomic E-state index is 3.51. The summed E-state index contributed by atoms with van der Waals surface area (Å²) in [7, 11) is 0. The first kappa shape index (κ1) is 5.72. The van der Waals surface area contributed by atoms with E-state index in [1.165, 1.54) is 12.8 Å². The average molecular weight is 125 g/mol. The van der Waals surface area contributed by atoms with Gasteiger partial charge in [-0.2, -0.15) is 0 Å². The lowest BCUT2D eigenvalue weighted by Crippen LogP contribution is -2.26. The average Bonchev–Trinajstić information content (AvgIpc) is 2.42. The Morgan fingerprint density at radius 1 is 1.22 bits per heavy atom. The molecule has 0 aliphatic heterocycles. The van der Waals surface area contributed by atoms with Gasteiger partial charge in [0.15, 0.2) is 0 Å². The second kappa shape index (κ2) is 1.98. The smallest absolute Gasteiger partial charge is 0.00724 e. The summed E-state index contributed by atoms with van der Waals surface area (Å²) in [6.45, 7) is 3.36. The van der Waals surface area contributed by atoms with Crippen LogP contribution >= 0.6 is 0 Å². The van der Waals surface area contributed by atoms with Gasteiger partial charge in [0.2, 0.25) is 0 Å². The van der Waals surface area contributed by atoms with Gasteiger partial charge in [-0.05, 0) is 37.6 Å². The van der Waals surface area contributed by atoms with E-state index in [4.69, 9.17) is 0 Å². The van der Waals surface area contributed by atoms with E-state index < -0.39 is 0 Å². The molecular formula is C8H15N. The second-order valence-corrected chi connectivity index (χ2v) is 3.48. The van der Waals surface area contributed by atoms with Crippen molar-refractivity contribution in [3.8, 4) is 0 Å². The van der Waals surface area contributed by atoms with Crippen LogP contribution in [-0.4, -0.2) is 12.6 Å². The van der Waals surface area contributed by atoms with E-state index in [9.17, 15) is 0 Å². The van der Waals surface area contributed by atoms with Gasteiger partial charge in [0.1, 0.15) is 0 Å². The van der Waals surface area contributed by atoms with Crippen LogP contribution < -0.4 is 5.32 Å². The zero-order chi connectivity index (χ0) is 6.27. The van der Waals surface area contributed by atoms with Gasteiger partial charge in [-0.3, -0.25) is 0 Å². The van der Waals surface area contributed by atoms with Gasteiger partial charge >= 0.3 is 0 Å². The Hall–Kier alpha value is -0.0400. The summed E-state index contributed by atoms with van der Waals surface area (Å²) < 4.78 is 0. The van der Waals surface area contributed by atoms with Crippen molar-refractivity contribution in [2.45, 2.75) is 32.2 Å². The van der Waals surface area contributed by atoms with Gasteiger partial charge in [0.25, 0.3) is 0 Å². The summed E-state index contributed by atoms with van der Waals surface area (Å²) in [5.41, 5.74) is 0. The van der Waals surface area contributed by atoms with Crippen LogP contribution in [0.15, 0.2) is 0 Å². The molecule has 0 spiro atoms. The van der Waals surface area contributed by atoms with Gasteiger partial charge < -0.3 is 5.32 Å². The van der Waals surface area contributed by atoms with Crippen LogP contribution in [0, 0.1) is 11.8 Å². The van der Waals surface area contributed by atoms with Gasteiger partial charge in [0, 0.05) is 6.04 Å². The van der Waals surface area contributed by atoms with E-state index in [2.05, 4.69) is 12.2 Å². The number of fused-ring (bicyclic) bond motifs is 1. The molecule has 2 rings (SSSR count). The topological polar surface area (TPSA) is 12.0 Å². The van der Waals surface area contributed by atoms with Crippen LogP contribution in [0.3, 0.4) is 0 Å². The molecule has 52 valence electrons. The molecule has 0 amide bonds. The molecule has 0 aromatic heterocycles. The van der Waals surface area contributed by atoms with E-state index in [-0.39, 0.29) is 0 Å². The van der Waals surface area contributed by atoms with Crippen molar-refractivity contribution in [2.24, 2.45) is 11.8 Å². The van der Waals surface area contributed by atoms with Gasteiger partial charge in [0.05, 0.1) is 0 Å². The standard InChI is InChI=1S/C8H15N/c1-2-9-8-4-6-3-7(6)5-8/h6-9H,2-5H2,1H3. The van der Waals surface area contributed by atoms with E-state index in [0.29, 0.717) is 0 Å². The minimum absolute atomic E-state index is 0.888. The minimum Gasteiger partial charge on any atom is -0.314 e. The van der Waals surface area contributed by atoms with Crippen LogP contribution in [-0.2, 0) is 0 Å². The molecular weight excluding hydrogens is 110 g/mol. The van der Waals surface area contributed by atoms with Crippen molar-refractivity contribution in [1.29, 1.82) is 0 Å². The van der Waals surface area contributed by atoms with Crippen molar-refractivity contribution in [2.75, 3.05) is 6.54 Å². The fourth-order valence-electron chi connectivity index (χ4n) is 2.17. The van der Waals surface area contributed by atoms with E-state index in [1.54, 1.807) is 6.42 Å². The van der Waals surface area contributed by atoms with Crippen molar-refractivity contribution >= 4 is 0 Å². The fraction of sp³-hybridized carbons (Fsp3) is 1.00. The maximum absolute atomic E-state index is 3.51. The monoisotopic (exact) mass is 125 g/mol. The first-order valence-corrected chi connectivity index (χ1v) is 4.13. The quantitative estimate of drug-likeness (QED) is 0.588. The Kier molecular flexibility index (Phi) is 1.26. The molecule has 0 radical (unpaired) electrons.